The number of nitrogens with zero attached hydrogens (tertiary/aromatic N) is 2. The Labute approximate surface area is 198 Å². The van der Waals surface area contributed by atoms with Crippen molar-refractivity contribution in [3.05, 3.63) is 53.6 Å². The van der Waals surface area contributed by atoms with Crippen LogP contribution in [0.4, 0.5) is 11.4 Å². The molecule has 33 heavy (non-hydrogen) atoms. The van der Waals surface area contributed by atoms with Gasteiger partial charge in [-0.25, -0.2) is 4.99 Å². The van der Waals surface area contributed by atoms with Gasteiger partial charge in [-0.3, -0.25) is 14.5 Å². The van der Waals surface area contributed by atoms with E-state index in [-0.39, 0.29) is 24.3 Å². The third-order valence-corrected chi connectivity index (χ3v) is 6.79. The molecule has 2 fully saturated rings. The summed E-state index contributed by atoms with van der Waals surface area (Å²) >= 11 is 1.34. The number of carbonyl (C=O) groups excluding carboxylic acids is 2. The summed E-state index contributed by atoms with van der Waals surface area (Å²) in [7, 11) is 1.56. The van der Waals surface area contributed by atoms with E-state index in [1.165, 1.54) is 11.8 Å². The average molecular weight is 468 g/mol. The van der Waals surface area contributed by atoms with E-state index >= 15 is 0 Å². The van der Waals surface area contributed by atoms with Gasteiger partial charge < -0.3 is 14.8 Å². The average Bonchev–Trinajstić information content (AvgIpc) is 3.38. The van der Waals surface area contributed by atoms with Gasteiger partial charge in [-0.05, 0) is 62.1 Å². The van der Waals surface area contributed by atoms with Gasteiger partial charge in [0.15, 0.2) is 5.17 Å². The first-order chi connectivity index (χ1) is 15.9. The summed E-state index contributed by atoms with van der Waals surface area (Å²) in [6, 6.07) is 13.3. The van der Waals surface area contributed by atoms with Gasteiger partial charge in [0.25, 0.3) is 0 Å². The molecule has 0 bridgehead atoms. The molecule has 2 saturated heterocycles. The van der Waals surface area contributed by atoms with Crippen molar-refractivity contribution < 1.29 is 19.1 Å². The minimum atomic E-state index is -0.536. The fraction of sp³-hybridized carbons (Fsp3) is 0.400. The molecule has 0 aromatic heterocycles. The fourth-order valence-electron chi connectivity index (χ4n) is 4.13. The standard InChI is InChI=1S/C25H29N3O4S/c1-16-11-17(2)13-18(12-16)26-25-28(15-19-7-6-10-32-19)24(30)22(33-25)14-23(29)27-20-8-4-5-9-21(20)31-3/h4-5,8-9,11-13,19,22H,6-7,10,14-15H2,1-3H3,(H,27,29). The second kappa shape index (κ2) is 10.4. The summed E-state index contributed by atoms with van der Waals surface area (Å²) in [5.41, 5.74) is 3.62. The molecule has 1 N–H and O–H groups in total. The Balaban J connectivity index is 1.53. The maximum absolute atomic E-state index is 13.3. The molecule has 0 aliphatic carbocycles. The van der Waals surface area contributed by atoms with Crippen LogP contribution in [0.5, 0.6) is 5.75 Å². The van der Waals surface area contributed by atoms with Gasteiger partial charge in [0, 0.05) is 13.0 Å². The van der Waals surface area contributed by atoms with E-state index in [0.717, 1.165) is 29.7 Å². The smallest absolute Gasteiger partial charge is 0.242 e. The van der Waals surface area contributed by atoms with Gasteiger partial charge in [0.1, 0.15) is 11.0 Å². The summed E-state index contributed by atoms with van der Waals surface area (Å²) < 4.78 is 11.1. The fourth-order valence-corrected chi connectivity index (χ4v) is 5.30. The number of nitrogens with one attached hydrogen (secondary N) is 1. The van der Waals surface area contributed by atoms with Crippen molar-refractivity contribution in [2.75, 3.05) is 25.6 Å². The van der Waals surface area contributed by atoms with Crippen molar-refractivity contribution in [3.63, 3.8) is 0 Å². The molecule has 8 heteroatoms. The minimum absolute atomic E-state index is 0.000141. The predicted octanol–water partition coefficient (Wildman–Crippen LogP) is 4.45. The second-order valence-electron chi connectivity index (χ2n) is 8.38. The maximum Gasteiger partial charge on any atom is 0.242 e. The maximum atomic E-state index is 13.3. The van der Waals surface area contributed by atoms with Crippen LogP contribution in [0.25, 0.3) is 0 Å². The van der Waals surface area contributed by atoms with Crippen LogP contribution in [0, 0.1) is 13.8 Å². The van der Waals surface area contributed by atoms with Crippen LogP contribution >= 0.6 is 11.8 Å². The summed E-state index contributed by atoms with van der Waals surface area (Å²) in [5.74, 6) is 0.234. The van der Waals surface area contributed by atoms with E-state index in [9.17, 15) is 9.59 Å². The normalized spacial score (nSPS) is 21.6. The lowest BCUT2D eigenvalue weighted by molar-refractivity contribution is -0.129. The van der Waals surface area contributed by atoms with Crippen LogP contribution in [0.15, 0.2) is 47.5 Å². The third-order valence-electron chi connectivity index (χ3n) is 5.61. The van der Waals surface area contributed by atoms with Gasteiger partial charge in [0.05, 0.1) is 31.1 Å². The number of carbonyl (C=O) groups is 2. The van der Waals surface area contributed by atoms with E-state index in [1.807, 2.05) is 38.1 Å². The van der Waals surface area contributed by atoms with Gasteiger partial charge >= 0.3 is 0 Å². The van der Waals surface area contributed by atoms with Gasteiger partial charge in [-0.15, -0.1) is 0 Å². The first-order valence-electron chi connectivity index (χ1n) is 11.1. The molecular weight excluding hydrogens is 438 g/mol. The summed E-state index contributed by atoms with van der Waals surface area (Å²) in [4.78, 5) is 32.6. The number of methoxy groups -OCH3 is 1. The highest BCUT2D eigenvalue weighted by atomic mass is 32.2. The van der Waals surface area contributed by atoms with Crippen LogP contribution in [-0.4, -0.2) is 53.5 Å². The van der Waals surface area contributed by atoms with Crippen molar-refractivity contribution in [1.82, 2.24) is 4.90 Å². The Bertz CT molecular complexity index is 1050. The van der Waals surface area contributed by atoms with Crippen LogP contribution in [-0.2, 0) is 14.3 Å². The van der Waals surface area contributed by atoms with E-state index < -0.39 is 5.25 Å². The number of aliphatic imine (C=N–C) groups is 1. The van der Waals surface area contributed by atoms with Crippen LogP contribution in [0.1, 0.15) is 30.4 Å². The topological polar surface area (TPSA) is 80.2 Å². The molecule has 2 amide bonds. The molecule has 2 atom stereocenters. The molecule has 4 rings (SSSR count). The van der Waals surface area contributed by atoms with Crippen LogP contribution < -0.4 is 10.1 Å². The Morgan fingerprint density at radius 3 is 2.70 bits per heavy atom. The minimum Gasteiger partial charge on any atom is -0.495 e. The number of para-hydroxylation sites is 2. The molecular formula is C25H29N3O4S. The zero-order valence-electron chi connectivity index (χ0n) is 19.2. The van der Waals surface area contributed by atoms with Crippen molar-refractivity contribution in [1.29, 1.82) is 0 Å². The number of thioether (sulfide) groups is 1. The van der Waals surface area contributed by atoms with Gasteiger partial charge in [-0.2, -0.15) is 0 Å². The number of amidine groups is 1. The van der Waals surface area contributed by atoms with E-state index in [1.54, 1.807) is 24.1 Å². The predicted molar refractivity (Wildman–Crippen MR) is 131 cm³/mol. The molecule has 174 valence electrons. The number of anilines is 1. The number of amides is 2. The SMILES string of the molecule is COc1ccccc1NC(=O)CC1SC(=Nc2cc(C)cc(C)c2)N(CC2CCCO2)C1=O. The van der Waals surface area contributed by atoms with E-state index in [2.05, 4.69) is 11.4 Å². The summed E-state index contributed by atoms with van der Waals surface area (Å²) in [6.45, 7) is 5.23. The Morgan fingerprint density at radius 1 is 1.24 bits per heavy atom. The Morgan fingerprint density at radius 2 is 2.00 bits per heavy atom. The zero-order chi connectivity index (χ0) is 23.4. The van der Waals surface area contributed by atoms with E-state index in [4.69, 9.17) is 14.5 Å². The first-order valence-corrected chi connectivity index (χ1v) is 12.0. The van der Waals surface area contributed by atoms with Crippen molar-refractivity contribution in [2.45, 2.75) is 44.5 Å². The monoisotopic (exact) mass is 467 g/mol. The molecule has 7 nitrogen and oxygen atoms in total. The highest BCUT2D eigenvalue weighted by molar-refractivity contribution is 8.15. The number of aryl methyl sites for hydroxylation is 2. The highest BCUT2D eigenvalue weighted by Gasteiger charge is 2.40. The number of rotatable bonds is 7. The lowest BCUT2D eigenvalue weighted by atomic mass is 10.1. The van der Waals surface area contributed by atoms with Gasteiger partial charge in [0.2, 0.25) is 11.8 Å². The lowest BCUT2D eigenvalue weighted by Gasteiger charge is -2.20. The summed E-state index contributed by atoms with van der Waals surface area (Å²) in [6.07, 6.45) is 1.97. The molecule has 2 aromatic carbocycles. The quantitative estimate of drug-likeness (QED) is 0.651. The van der Waals surface area contributed by atoms with Crippen LogP contribution in [0.3, 0.4) is 0 Å². The Hall–Kier alpha value is -2.84. The first kappa shape index (κ1) is 23.3. The summed E-state index contributed by atoms with van der Waals surface area (Å²) in [5, 5.41) is 2.95. The molecule has 2 aromatic rings. The second-order valence-corrected chi connectivity index (χ2v) is 9.55. The molecule has 2 aliphatic rings. The molecule has 0 saturated carbocycles. The molecule has 0 spiro atoms. The highest BCUT2D eigenvalue weighted by Crippen LogP contribution is 2.34. The molecule has 2 unspecified atom stereocenters. The van der Waals surface area contributed by atoms with Crippen molar-refractivity contribution >= 4 is 40.1 Å². The number of hydrogen-bond donors (Lipinski definition) is 1. The number of hydrogen-bond acceptors (Lipinski definition) is 6. The number of benzene rings is 2. The van der Waals surface area contributed by atoms with E-state index in [0.29, 0.717) is 29.8 Å². The lowest BCUT2D eigenvalue weighted by Crippen LogP contribution is -2.38. The Kier molecular flexibility index (Phi) is 7.35. The largest absolute Gasteiger partial charge is 0.495 e. The van der Waals surface area contributed by atoms with Crippen molar-refractivity contribution in [2.24, 2.45) is 4.99 Å². The zero-order valence-corrected chi connectivity index (χ0v) is 20.0. The third kappa shape index (κ3) is 5.75. The van der Waals surface area contributed by atoms with Crippen LogP contribution in [0.2, 0.25) is 0 Å². The van der Waals surface area contributed by atoms with Crippen molar-refractivity contribution in [3.8, 4) is 5.75 Å². The molecule has 2 aliphatic heterocycles. The molecule has 0 radical (unpaired) electrons. The van der Waals surface area contributed by atoms with Gasteiger partial charge in [-0.1, -0.05) is 30.0 Å². The molecule has 2 heterocycles. The number of ether oxygens (including phenoxy) is 2.